The van der Waals surface area contributed by atoms with E-state index < -0.39 is 0 Å². The molecule has 0 fully saturated rings. The van der Waals surface area contributed by atoms with Gasteiger partial charge in [0.25, 0.3) is 0 Å². The van der Waals surface area contributed by atoms with Crippen LogP contribution < -0.4 is 0 Å². The average molecular weight is 144 g/mol. The van der Waals surface area contributed by atoms with Gasteiger partial charge in [-0.2, -0.15) is 0 Å². The van der Waals surface area contributed by atoms with E-state index in [-0.39, 0.29) is 0 Å². The first-order valence-corrected chi connectivity index (χ1v) is 4.14. The fourth-order valence-corrected chi connectivity index (χ4v) is 0.799. The molecule has 0 aromatic heterocycles. The van der Waals surface area contributed by atoms with E-state index in [2.05, 4.69) is 38.0 Å². The quantitative estimate of drug-likeness (QED) is 0.541. The summed E-state index contributed by atoms with van der Waals surface area (Å²) in [6.45, 7) is 6.67. The number of hydrogen-bond donors (Lipinski definition) is 0. The van der Waals surface area contributed by atoms with E-state index in [4.69, 9.17) is 0 Å². The van der Waals surface area contributed by atoms with E-state index in [1.807, 2.05) is 0 Å². The Kier molecular flexibility index (Phi) is 5.64. The van der Waals surface area contributed by atoms with Crippen LogP contribution in [0.2, 0.25) is 0 Å². The van der Waals surface area contributed by atoms with E-state index in [1.165, 1.54) is 19.4 Å². The van der Waals surface area contributed by atoms with Crippen LogP contribution in [-0.4, -0.2) is 37.2 Å². The molecular weight excluding hydrogens is 124 g/mol. The molecular formula is C8H20N2. The molecule has 0 radical (unpaired) electrons. The highest BCUT2D eigenvalue weighted by Gasteiger charge is 2.00. The standard InChI is InChI=1S/C8H20N2/c1-5-7-8-10(4)9(3)6-2/h5-8H2,1-4H3. The zero-order chi connectivity index (χ0) is 7.98. The summed E-state index contributed by atoms with van der Waals surface area (Å²) in [5.74, 6) is 0. The molecule has 0 atom stereocenters. The van der Waals surface area contributed by atoms with Gasteiger partial charge in [0.05, 0.1) is 0 Å². The first-order chi connectivity index (χ1) is 4.72. The summed E-state index contributed by atoms with van der Waals surface area (Å²) in [5.41, 5.74) is 0. The Labute approximate surface area is 64.8 Å². The lowest BCUT2D eigenvalue weighted by molar-refractivity contribution is 0.0317. The van der Waals surface area contributed by atoms with Gasteiger partial charge in [-0.3, -0.25) is 0 Å². The minimum atomic E-state index is 1.10. The molecule has 0 bridgehead atoms. The van der Waals surface area contributed by atoms with Crippen LogP contribution in [0.15, 0.2) is 0 Å². The highest BCUT2D eigenvalue weighted by molar-refractivity contribution is 4.45. The van der Waals surface area contributed by atoms with Gasteiger partial charge in [-0.05, 0) is 6.42 Å². The Morgan fingerprint density at radius 1 is 1.00 bits per heavy atom. The Morgan fingerprint density at radius 3 is 2.00 bits per heavy atom. The van der Waals surface area contributed by atoms with Gasteiger partial charge >= 0.3 is 0 Å². The molecule has 0 aliphatic heterocycles. The number of hydrazine groups is 1. The van der Waals surface area contributed by atoms with Crippen molar-refractivity contribution in [3.8, 4) is 0 Å². The van der Waals surface area contributed by atoms with Gasteiger partial charge in [0, 0.05) is 27.2 Å². The molecule has 0 saturated carbocycles. The predicted molar refractivity (Wildman–Crippen MR) is 45.8 cm³/mol. The maximum atomic E-state index is 2.27. The largest absolute Gasteiger partial charge is 0.245 e. The van der Waals surface area contributed by atoms with Crippen molar-refractivity contribution in [1.29, 1.82) is 0 Å². The van der Waals surface area contributed by atoms with Gasteiger partial charge < -0.3 is 0 Å². The number of nitrogens with zero attached hydrogens (tertiary/aromatic N) is 2. The van der Waals surface area contributed by atoms with E-state index in [0.29, 0.717) is 0 Å². The molecule has 0 spiro atoms. The molecule has 62 valence electrons. The van der Waals surface area contributed by atoms with Gasteiger partial charge in [-0.25, -0.2) is 10.0 Å². The monoisotopic (exact) mass is 144 g/mol. The molecule has 2 nitrogen and oxygen atoms in total. The average Bonchev–Trinajstić information content (AvgIpc) is 1.98. The lowest BCUT2D eigenvalue weighted by Gasteiger charge is -2.26. The summed E-state index contributed by atoms with van der Waals surface area (Å²) in [6, 6.07) is 0. The molecule has 2 heteroatoms. The SMILES string of the molecule is CCCCN(C)N(C)CC. The Bertz CT molecular complexity index is 73.7. The topological polar surface area (TPSA) is 6.48 Å². The first-order valence-electron chi connectivity index (χ1n) is 4.14. The van der Waals surface area contributed by atoms with Crippen LogP contribution in [0, 0.1) is 0 Å². The Hall–Kier alpha value is -0.0800. The fraction of sp³-hybridized carbons (Fsp3) is 1.00. The smallest absolute Gasteiger partial charge is 0.0130 e. The molecule has 0 aromatic carbocycles. The Morgan fingerprint density at radius 2 is 1.60 bits per heavy atom. The maximum Gasteiger partial charge on any atom is 0.0130 e. The van der Waals surface area contributed by atoms with Crippen molar-refractivity contribution in [3.05, 3.63) is 0 Å². The van der Waals surface area contributed by atoms with E-state index in [9.17, 15) is 0 Å². The van der Waals surface area contributed by atoms with Crippen molar-refractivity contribution in [1.82, 2.24) is 10.0 Å². The normalized spacial score (nSPS) is 11.4. The van der Waals surface area contributed by atoms with Gasteiger partial charge in [-0.1, -0.05) is 20.3 Å². The second-order valence-corrected chi connectivity index (χ2v) is 2.71. The van der Waals surface area contributed by atoms with Gasteiger partial charge in [0.15, 0.2) is 0 Å². The summed E-state index contributed by atoms with van der Waals surface area (Å²) in [5, 5.41) is 4.50. The number of rotatable bonds is 5. The second-order valence-electron chi connectivity index (χ2n) is 2.71. The van der Waals surface area contributed by atoms with E-state index >= 15 is 0 Å². The summed E-state index contributed by atoms with van der Waals surface area (Å²) < 4.78 is 0. The molecule has 0 heterocycles. The van der Waals surface area contributed by atoms with Crippen LogP contribution in [-0.2, 0) is 0 Å². The molecule has 0 aliphatic carbocycles. The molecule has 0 aromatic rings. The molecule has 10 heavy (non-hydrogen) atoms. The molecule has 0 aliphatic rings. The molecule has 0 rings (SSSR count). The van der Waals surface area contributed by atoms with Crippen LogP contribution >= 0.6 is 0 Å². The third-order valence-electron chi connectivity index (χ3n) is 1.88. The van der Waals surface area contributed by atoms with Gasteiger partial charge in [-0.15, -0.1) is 0 Å². The maximum absolute atomic E-state index is 2.27. The van der Waals surface area contributed by atoms with Crippen molar-refractivity contribution in [3.63, 3.8) is 0 Å². The summed E-state index contributed by atoms with van der Waals surface area (Å²) >= 11 is 0. The van der Waals surface area contributed by atoms with Crippen LogP contribution in [0.4, 0.5) is 0 Å². The van der Waals surface area contributed by atoms with Gasteiger partial charge in [0.1, 0.15) is 0 Å². The second kappa shape index (κ2) is 5.69. The van der Waals surface area contributed by atoms with Crippen LogP contribution in [0.1, 0.15) is 26.7 Å². The van der Waals surface area contributed by atoms with Crippen molar-refractivity contribution in [2.75, 3.05) is 27.2 Å². The third kappa shape index (κ3) is 3.85. The van der Waals surface area contributed by atoms with Crippen LogP contribution in [0.5, 0.6) is 0 Å². The van der Waals surface area contributed by atoms with Crippen molar-refractivity contribution in [2.24, 2.45) is 0 Å². The van der Waals surface area contributed by atoms with Crippen molar-refractivity contribution in [2.45, 2.75) is 26.7 Å². The van der Waals surface area contributed by atoms with Crippen molar-refractivity contribution < 1.29 is 0 Å². The van der Waals surface area contributed by atoms with Crippen LogP contribution in [0.25, 0.3) is 0 Å². The minimum Gasteiger partial charge on any atom is -0.245 e. The summed E-state index contributed by atoms with van der Waals surface area (Å²) in [6.07, 6.45) is 2.57. The van der Waals surface area contributed by atoms with Crippen molar-refractivity contribution >= 4 is 0 Å². The first kappa shape index (κ1) is 9.92. The molecule has 0 unspecified atom stereocenters. The third-order valence-corrected chi connectivity index (χ3v) is 1.88. The minimum absolute atomic E-state index is 1.10. The number of unbranched alkanes of at least 4 members (excludes halogenated alkanes) is 1. The fourth-order valence-electron chi connectivity index (χ4n) is 0.799. The highest BCUT2D eigenvalue weighted by atomic mass is 15.6. The van der Waals surface area contributed by atoms with Crippen LogP contribution in [0.3, 0.4) is 0 Å². The summed E-state index contributed by atoms with van der Waals surface area (Å²) in [4.78, 5) is 0. The highest BCUT2D eigenvalue weighted by Crippen LogP contribution is 1.94. The zero-order valence-electron chi connectivity index (χ0n) is 7.72. The molecule has 0 saturated heterocycles. The van der Waals surface area contributed by atoms with Gasteiger partial charge in [0.2, 0.25) is 0 Å². The zero-order valence-corrected chi connectivity index (χ0v) is 7.72. The number of hydrogen-bond acceptors (Lipinski definition) is 2. The van der Waals surface area contributed by atoms with E-state index in [1.54, 1.807) is 0 Å². The lowest BCUT2D eigenvalue weighted by Crippen LogP contribution is -2.36. The lowest BCUT2D eigenvalue weighted by atomic mass is 10.3. The van der Waals surface area contributed by atoms with E-state index in [0.717, 1.165) is 6.54 Å². The molecule has 0 amide bonds. The summed E-state index contributed by atoms with van der Waals surface area (Å²) in [7, 11) is 4.26. The predicted octanol–water partition coefficient (Wildman–Crippen LogP) is 1.58. The Balaban J connectivity index is 3.31. The molecule has 0 N–H and O–H groups in total.